The fourth-order valence-corrected chi connectivity index (χ4v) is 3.06. The summed E-state index contributed by atoms with van der Waals surface area (Å²) >= 11 is 7.15. The van der Waals surface area contributed by atoms with Gasteiger partial charge in [0.2, 0.25) is 4.47 Å². The molecule has 112 valence electrons. The molecule has 1 aliphatic heterocycles. The van der Waals surface area contributed by atoms with Crippen molar-refractivity contribution in [3.05, 3.63) is 9.47 Å². The Balaban J connectivity index is 1.89. The Morgan fingerprint density at radius 1 is 1.60 bits per heavy atom. The van der Waals surface area contributed by atoms with E-state index >= 15 is 0 Å². The highest BCUT2D eigenvalue weighted by atomic mass is 35.5. The number of rotatable bonds is 7. The second-order valence-corrected chi connectivity index (χ2v) is 6.29. The van der Waals surface area contributed by atoms with Crippen LogP contribution in [-0.2, 0) is 20.8 Å². The maximum Gasteiger partial charge on any atom is 0.306 e. The number of methoxy groups -OCH3 is 1. The summed E-state index contributed by atoms with van der Waals surface area (Å²) in [5.74, 6) is -0.211. The highest BCUT2D eigenvalue weighted by molar-refractivity contribution is 7.15. The van der Waals surface area contributed by atoms with Gasteiger partial charge in [0.15, 0.2) is 0 Å². The van der Waals surface area contributed by atoms with Crippen molar-refractivity contribution in [2.24, 2.45) is 0 Å². The smallest absolute Gasteiger partial charge is 0.306 e. The lowest BCUT2D eigenvalue weighted by Crippen LogP contribution is -2.33. The third-order valence-electron chi connectivity index (χ3n) is 3.15. The Hall–Kier alpha value is -0.760. The molecule has 1 saturated heterocycles. The maximum atomic E-state index is 11.3. The highest BCUT2D eigenvalue weighted by Gasteiger charge is 2.21. The first-order valence-corrected chi connectivity index (χ1v) is 7.75. The average molecular weight is 320 g/mol. The first-order valence-electron chi connectivity index (χ1n) is 6.56. The molecule has 0 spiro atoms. The minimum absolute atomic E-state index is 0.211. The van der Waals surface area contributed by atoms with Gasteiger partial charge >= 0.3 is 5.97 Å². The van der Waals surface area contributed by atoms with Gasteiger partial charge in [-0.2, -0.15) is 0 Å². The summed E-state index contributed by atoms with van der Waals surface area (Å²) in [6.07, 6.45) is 2.75. The van der Waals surface area contributed by atoms with Crippen molar-refractivity contribution in [1.82, 2.24) is 15.1 Å². The van der Waals surface area contributed by atoms with Gasteiger partial charge in [-0.15, -0.1) is 10.2 Å². The van der Waals surface area contributed by atoms with Gasteiger partial charge in [0, 0.05) is 19.7 Å². The first-order chi connectivity index (χ1) is 9.67. The number of nitrogens with zero attached hydrogens (tertiary/aromatic N) is 3. The first kappa shape index (κ1) is 15.6. The summed E-state index contributed by atoms with van der Waals surface area (Å²) in [4.78, 5) is 13.4. The Morgan fingerprint density at radius 2 is 2.45 bits per heavy atom. The highest BCUT2D eigenvalue weighted by Crippen LogP contribution is 2.19. The second-order valence-electron chi connectivity index (χ2n) is 4.65. The zero-order valence-corrected chi connectivity index (χ0v) is 13.0. The van der Waals surface area contributed by atoms with Crippen LogP contribution in [0.25, 0.3) is 0 Å². The molecule has 0 aliphatic carbocycles. The molecule has 0 amide bonds. The van der Waals surface area contributed by atoms with E-state index in [1.54, 1.807) is 0 Å². The molecule has 1 aromatic heterocycles. The molecule has 6 nitrogen and oxygen atoms in total. The van der Waals surface area contributed by atoms with Crippen LogP contribution in [0.5, 0.6) is 0 Å². The minimum Gasteiger partial charge on any atom is -0.469 e. The molecule has 1 atom stereocenters. The Bertz CT molecular complexity index is 437. The van der Waals surface area contributed by atoms with Crippen LogP contribution in [0.2, 0.25) is 4.47 Å². The molecule has 1 fully saturated rings. The largest absolute Gasteiger partial charge is 0.469 e. The zero-order chi connectivity index (χ0) is 14.4. The van der Waals surface area contributed by atoms with Crippen LogP contribution in [0.15, 0.2) is 0 Å². The van der Waals surface area contributed by atoms with Gasteiger partial charge in [-0.1, -0.05) is 11.3 Å². The standard InChI is InChI=1S/C12H18ClN3O3S/c1-18-11(17)4-5-16(7-9-3-2-6-19-9)8-10-14-15-12(13)20-10/h9H,2-8H2,1H3. The monoisotopic (exact) mass is 319 g/mol. The quantitative estimate of drug-likeness (QED) is 0.713. The zero-order valence-electron chi connectivity index (χ0n) is 11.4. The summed E-state index contributed by atoms with van der Waals surface area (Å²) in [6, 6.07) is 0. The summed E-state index contributed by atoms with van der Waals surface area (Å²) in [6.45, 7) is 2.85. The predicted molar refractivity (Wildman–Crippen MR) is 75.8 cm³/mol. The van der Waals surface area contributed by atoms with Crippen molar-refractivity contribution in [2.45, 2.75) is 31.9 Å². The third kappa shape index (κ3) is 4.97. The summed E-state index contributed by atoms with van der Waals surface area (Å²) in [7, 11) is 1.40. The van der Waals surface area contributed by atoms with E-state index in [1.807, 2.05) is 0 Å². The van der Waals surface area contributed by atoms with E-state index in [2.05, 4.69) is 19.8 Å². The van der Waals surface area contributed by atoms with Gasteiger partial charge in [-0.25, -0.2) is 0 Å². The fourth-order valence-electron chi connectivity index (χ4n) is 2.15. The topological polar surface area (TPSA) is 64.5 Å². The third-order valence-corrected chi connectivity index (χ3v) is 4.15. The molecule has 2 rings (SSSR count). The molecule has 1 aromatic rings. The molecule has 0 radical (unpaired) electrons. The molecule has 0 N–H and O–H groups in total. The van der Waals surface area contributed by atoms with Gasteiger partial charge in [0.25, 0.3) is 0 Å². The molecule has 2 heterocycles. The van der Waals surface area contributed by atoms with Crippen molar-refractivity contribution in [3.63, 3.8) is 0 Å². The minimum atomic E-state index is -0.211. The number of hydrogen-bond acceptors (Lipinski definition) is 7. The van der Waals surface area contributed by atoms with Gasteiger partial charge < -0.3 is 9.47 Å². The second kappa shape index (κ2) is 7.87. The Labute approximate surface area is 127 Å². The average Bonchev–Trinajstić information content (AvgIpc) is 3.07. The van der Waals surface area contributed by atoms with Crippen molar-refractivity contribution < 1.29 is 14.3 Å². The van der Waals surface area contributed by atoms with Gasteiger partial charge in [0.05, 0.1) is 26.2 Å². The number of carbonyl (C=O) groups excluding carboxylic acids is 1. The molecular formula is C12H18ClN3O3S. The lowest BCUT2D eigenvalue weighted by Gasteiger charge is -2.23. The van der Waals surface area contributed by atoms with Crippen LogP contribution in [0.1, 0.15) is 24.3 Å². The van der Waals surface area contributed by atoms with E-state index in [-0.39, 0.29) is 12.1 Å². The molecule has 1 unspecified atom stereocenters. The van der Waals surface area contributed by atoms with Crippen LogP contribution >= 0.6 is 22.9 Å². The van der Waals surface area contributed by atoms with Crippen LogP contribution < -0.4 is 0 Å². The summed E-state index contributed by atoms with van der Waals surface area (Å²) in [5.41, 5.74) is 0. The van der Waals surface area contributed by atoms with Crippen molar-refractivity contribution >= 4 is 28.9 Å². The lowest BCUT2D eigenvalue weighted by molar-refractivity contribution is -0.141. The van der Waals surface area contributed by atoms with E-state index in [0.29, 0.717) is 24.0 Å². The summed E-state index contributed by atoms with van der Waals surface area (Å²) < 4.78 is 10.8. The lowest BCUT2D eigenvalue weighted by atomic mass is 10.2. The van der Waals surface area contributed by atoms with Crippen molar-refractivity contribution in [1.29, 1.82) is 0 Å². The van der Waals surface area contributed by atoms with Gasteiger partial charge in [-0.3, -0.25) is 9.69 Å². The van der Waals surface area contributed by atoms with Crippen LogP contribution in [-0.4, -0.2) is 54.0 Å². The molecule has 1 aliphatic rings. The van der Waals surface area contributed by atoms with Crippen LogP contribution in [0.4, 0.5) is 0 Å². The Kier molecular flexibility index (Phi) is 6.15. The normalized spacial score (nSPS) is 18.6. The number of carbonyl (C=O) groups is 1. The van der Waals surface area contributed by atoms with Crippen LogP contribution in [0.3, 0.4) is 0 Å². The summed E-state index contributed by atoms with van der Waals surface area (Å²) in [5, 5.41) is 8.66. The number of esters is 1. The van der Waals surface area contributed by atoms with E-state index < -0.39 is 0 Å². The van der Waals surface area contributed by atoms with E-state index in [1.165, 1.54) is 18.4 Å². The van der Waals surface area contributed by atoms with Crippen molar-refractivity contribution in [2.75, 3.05) is 26.8 Å². The predicted octanol–water partition coefficient (Wildman–Crippen LogP) is 1.74. The number of halogens is 1. The fraction of sp³-hybridized carbons (Fsp3) is 0.750. The number of ether oxygens (including phenoxy) is 2. The van der Waals surface area contributed by atoms with E-state index in [0.717, 1.165) is 31.0 Å². The van der Waals surface area contributed by atoms with E-state index in [4.69, 9.17) is 16.3 Å². The molecular weight excluding hydrogens is 302 g/mol. The van der Waals surface area contributed by atoms with Crippen molar-refractivity contribution in [3.8, 4) is 0 Å². The van der Waals surface area contributed by atoms with Gasteiger partial charge in [0.1, 0.15) is 5.01 Å². The Morgan fingerprint density at radius 3 is 3.05 bits per heavy atom. The maximum absolute atomic E-state index is 11.3. The van der Waals surface area contributed by atoms with Gasteiger partial charge in [-0.05, 0) is 24.4 Å². The molecule has 0 aromatic carbocycles. The molecule has 8 heteroatoms. The molecule has 20 heavy (non-hydrogen) atoms. The molecule has 0 saturated carbocycles. The number of hydrogen-bond donors (Lipinski definition) is 0. The van der Waals surface area contributed by atoms with E-state index in [9.17, 15) is 4.79 Å². The van der Waals surface area contributed by atoms with Crippen LogP contribution in [0, 0.1) is 0 Å². The molecule has 0 bridgehead atoms. The number of aromatic nitrogens is 2. The SMILES string of the molecule is COC(=O)CCN(Cc1nnc(Cl)s1)CC1CCCO1.